The van der Waals surface area contributed by atoms with E-state index in [1.165, 1.54) is 0 Å². The van der Waals surface area contributed by atoms with E-state index in [9.17, 15) is 4.79 Å². The maximum atomic E-state index is 11.6. The second kappa shape index (κ2) is 5.63. The number of nitrogens with one attached hydrogen (secondary N) is 2. The predicted molar refractivity (Wildman–Crippen MR) is 70.6 cm³/mol. The van der Waals surface area contributed by atoms with Gasteiger partial charge in [0.1, 0.15) is 0 Å². The lowest BCUT2D eigenvalue weighted by molar-refractivity contribution is 0.251. The van der Waals surface area contributed by atoms with Gasteiger partial charge in [-0.3, -0.25) is 10.00 Å². The lowest BCUT2D eigenvalue weighted by Gasteiger charge is -2.03. The lowest BCUT2D eigenvalue weighted by atomic mass is 10.4. The fourth-order valence-electron chi connectivity index (χ4n) is 1.41. The van der Waals surface area contributed by atoms with E-state index in [2.05, 4.69) is 27.6 Å². The van der Waals surface area contributed by atoms with Gasteiger partial charge < -0.3 is 5.32 Å². The first kappa shape index (κ1) is 12.6. The first-order valence-corrected chi connectivity index (χ1v) is 6.53. The van der Waals surface area contributed by atoms with Gasteiger partial charge in [0.2, 0.25) is 0 Å². The molecule has 0 fully saturated rings. The summed E-state index contributed by atoms with van der Waals surface area (Å²) in [5.74, 6) is 0.530. The number of amides is 2. The number of urea groups is 1. The van der Waals surface area contributed by atoms with Gasteiger partial charge in [-0.1, -0.05) is 6.92 Å². The van der Waals surface area contributed by atoms with Crippen LogP contribution in [0.3, 0.4) is 0 Å². The molecule has 0 saturated heterocycles. The van der Waals surface area contributed by atoms with Crippen LogP contribution in [0.2, 0.25) is 0 Å². The fraction of sp³-hybridized carbons (Fsp3) is 0.364. The Labute approximate surface area is 109 Å². The molecule has 18 heavy (non-hydrogen) atoms. The number of rotatable bonds is 4. The minimum absolute atomic E-state index is 0.278. The van der Waals surface area contributed by atoms with Crippen LogP contribution in [-0.2, 0) is 20.0 Å². The van der Waals surface area contributed by atoms with E-state index >= 15 is 0 Å². The van der Waals surface area contributed by atoms with Crippen LogP contribution in [0.1, 0.15) is 17.6 Å². The topological polar surface area (TPSA) is 71.8 Å². The normalized spacial score (nSPS) is 10.3. The van der Waals surface area contributed by atoms with E-state index < -0.39 is 0 Å². The highest BCUT2D eigenvalue weighted by Crippen LogP contribution is 2.09. The molecule has 0 spiro atoms. The number of nitrogens with zero attached hydrogens (tertiary/aromatic N) is 3. The zero-order valence-electron chi connectivity index (χ0n) is 10.3. The number of thiazole rings is 1. The van der Waals surface area contributed by atoms with Crippen molar-refractivity contribution in [2.75, 3.05) is 5.32 Å². The lowest BCUT2D eigenvalue weighted by Crippen LogP contribution is -2.28. The van der Waals surface area contributed by atoms with E-state index in [1.54, 1.807) is 35.3 Å². The Balaban J connectivity index is 1.81. The van der Waals surface area contributed by atoms with Gasteiger partial charge in [0.15, 0.2) is 5.82 Å². The second-order valence-corrected chi connectivity index (χ2v) is 4.71. The zero-order valence-corrected chi connectivity index (χ0v) is 11.1. The maximum Gasteiger partial charge on any atom is 0.320 e. The van der Waals surface area contributed by atoms with Crippen molar-refractivity contribution >= 4 is 23.2 Å². The highest BCUT2D eigenvalue weighted by Gasteiger charge is 2.05. The van der Waals surface area contributed by atoms with Crippen LogP contribution in [0.15, 0.2) is 17.6 Å². The number of hydrogen-bond acceptors (Lipinski definition) is 4. The quantitative estimate of drug-likeness (QED) is 0.884. The number of aryl methyl sites for hydroxylation is 2. The van der Waals surface area contributed by atoms with Crippen LogP contribution in [0.25, 0.3) is 0 Å². The first-order chi connectivity index (χ1) is 8.67. The van der Waals surface area contributed by atoms with Gasteiger partial charge in [0, 0.05) is 24.7 Å². The fourth-order valence-corrected chi connectivity index (χ4v) is 2.15. The van der Waals surface area contributed by atoms with E-state index in [0.717, 1.165) is 17.1 Å². The Kier molecular flexibility index (Phi) is 3.93. The Bertz CT molecular complexity index is 533. The van der Waals surface area contributed by atoms with E-state index in [1.807, 2.05) is 5.38 Å². The highest BCUT2D eigenvalue weighted by molar-refractivity contribution is 7.09. The highest BCUT2D eigenvalue weighted by atomic mass is 32.1. The second-order valence-electron chi connectivity index (χ2n) is 3.77. The van der Waals surface area contributed by atoms with Crippen LogP contribution in [0.5, 0.6) is 0 Å². The predicted octanol–water partition coefficient (Wildman–Crippen LogP) is 1.76. The molecular weight excluding hydrogens is 250 g/mol. The molecular formula is C11H15N5OS. The van der Waals surface area contributed by atoms with E-state index in [-0.39, 0.29) is 6.03 Å². The average molecular weight is 265 g/mol. The summed E-state index contributed by atoms with van der Waals surface area (Å²) in [6.45, 7) is 2.49. The molecule has 2 N–H and O–H groups in total. The molecule has 0 atom stereocenters. The van der Waals surface area contributed by atoms with Crippen molar-refractivity contribution in [1.29, 1.82) is 0 Å². The third kappa shape index (κ3) is 3.30. The molecule has 2 rings (SSSR count). The molecule has 0 aliphatic heterocycles. The maximum absolute atomic E-state index is 11.6. The standard InChI is InChI=1S/C11H15N5OS/c1-3-10-13-8(7-18-10)6-12-11(17)14-9-4-5-16(2)15-9/h4-5,7H,3,6H2,1-2H3,(H2,12,14,15,17). The Hall–Kier alpha value is -1.89. The van der Waals surface area contributed by atoms with Crippen molar-refractivity contribution in [3.05, 3.63) is 28.3 Å². The monoisotopic (exact) mass is 265 g/mol. The van der Waals surface area contributed by atoms with Gasteiger partial charge in [0.05, 0.1) is 17.2 Å². The largest absolute Gasteiger partial charge is 0.332 e. The minimum atomic E-state index is -0.278. The molecule has 0 aliphatic rings. The average Bonchev–Trinajstić information content (AvgIpc) is 2.95. The molecule has 0 unspecified atom stereocenters. The van der Waals surface area contributed by atoms with Crippen LogP contribution >= 0.6 is 11.3 Å². The van der Waals surface area contributed by atoms with Crippen molar-refractivity contribution in [2.24, 2.45) is 7.05 Å². The smallest absolute Gasteiger partial charge is 0.320 e. The molecule has 2 aromatic heterocycles. The zero-order chi connectivity index (χ0) is 13.0. The van der Waals surface area contributed by atoms with Crippen molar-refractivity contribution in [2.45, 2.75) is 19.9 Å². The van der Waals surface area contributed by atoms with Crippen LogP contribution in [0.4, 0.5) is 10.6 Å². The van der Waals surface area contributed by atoms with Gasteiger partial charge in [-0.2, -0.15) is 5.10 Å². The third-order valence-corrected chi connectivity index (χ3v) is 3.33. The number of aromatic nitrogens is 3. The Morgan fingerprint density at radius 1 is 1.56 bits per heavy atom. The SMILES string of the molecule is CCc1nc(CNC(=O)Nc2ccn(C)n2)cs1. The number of carbonyl (C=O) groups is 1. The van der Waals surface area contributed by atoms with Crippen molar-refractivity contribution in [3.63, 3.8) is 0 Å². The molecule has 0 aromatic carbocycles. The van der Waals surface area contributed by atoms with Crippen molar-refractivity contribution in [1.82, 2.24) is 20.1 Å². The molecule has 0 aliphatic carbocycles. The molecule has 96 valence electrons. The molecule has 0 saturated carbocycles. The Morgan fingerprint density at radius 3 is 3.00 bits per heavy atom. The minimum Gasteiger partial charge on any atom is -0.332 e. The van der Waals surface area contributed by atoms with E-state index in [4.69, 9.17) is 0 Å². The molecule has 0 radical (unpaired) electrons. The van der Waals surface area contributed by atoms with Crippen molar-refractivity contribution in [3.8, 4) is 0 Å². The summed E-state index contributed by atoms with van der Waals surface area (Å²) in [4.78, 5) is 15.9. The third-order valence-electron chi connectivity index (χ3n) is 2.29. The molecule has 6 nitrogen and oxygen atoms in total. The summed E-state index contributed by atoms with van der Waals surface area (Å²) in [6, 6.07) is 1.46. The first-order valence-electron chi connectivity index (χ1n) is 5.65. The Morgan fingerprint density at radius 2 is 2.39 bits per heavy atom. The molecule has 2 amide bonds. The van der Waals surface area contributed by atoms with Gasteiger partial charge in [-0.25, -0.2) is 9.78 Å². The summed E-state index contributed by atoms with van der Waals surface area (Å²) in [5.41, 5.74) is 0.882. The summed E-state index contributed by atoms with van der Waals surface area (Å²) < 4.78 is 1.63. The number of hydrogen-bond donors (Lipinski definition) is 2. The molecule has 0 bridgehead atoms. The summed E-state index contributed by atoms with van der Waals surface area (Å²) in [7, 11) is 1.80. The van der Waals surface area contributed by atoms with E-state index in [0.29, 0.717) is 12.4 Å². The van der Waals surface area contributed by atoms with Crippen LogP contribution in [0, 0.1) is 0 Å². The van der Waals surface area contributed by atoms with Gasteiger partial charge >= 0.3 is 6.03 Å². The number of carbonyl (C=O) groups excluding carboxylic acids is 1. The van der Waals surface area contributed by atoms with Crippen molar-refractivity contribution < 1.29 is 4.79 Å². The number of anilines is 1. The summed E-state index contributed by atoms with van der Waals surface area (Å²) in [5, 5.41) is 12.5. The van der Waals surface area contributed by atoms with Gasteiger partial charge in [-0.15, -0.1) is 11.3 Å². The molecule has 2 heterocycles. The van der Waals surface area contributed by atoms with Crippen LogP contribution in [-0.4, -0.2) is 20.8 Å². The summed E-state index contributed by atoms with van der Waals surface area (Å²) >= 11 is 1.61. The molecule has 2 aromatic rings. The summed E-state index contributed by atoms with van der Waals surface area (Å²) in [6.07, 6.45) is 2.69. The molecule has 7 heteroatoms. The van der Waals surface area contributed by atoms with Gasteiger partial charge in [0.25, 0.3) is 0 Å². The van der Waals surface area contributed by atoms with Crippen LogP contribution < -0.4 is 10.6 Å². The van der Waals surface area contributed by atoms with Gasteiger partial charge in [-0.05, 0) is 6.42 Å².